The first-order valence-corrected chi connectivity index (χ1v) is 13.3. The second kappa shape index (κ2) is 7.17. The Kier molecular flexibility index (Phi) is 5.02. The maximum absolute atomic E-state index is 12.5. The number of phenols is 1. The summed E-state index contributed by atoms with van der Waals surface area (Å²) in [6.07, 6.45) is 4.13. The number of likely N-dealkylation sites (N-methyl/N-ethyl adjacent to an activating group) is 1. The molecule has 1 saturated carbocycles. The van der Waals surface area contributed by atoms with Crippen LogP contribution in [-0.4, -0.2) is 73.3 Å². The van der Waals surface area contributed by atoms with Gasteiger partial charge < -0.3 is 15.3 Å². The number of nitrogens with one attached hydrogen (secondary N) is 1. The van der Waals surface area contributed by atoms with Crippen LogP contribution in [0.2, 0.25) is 0 Å². The van der Waals surface area contributed by atoms with Gasteiger partial charge in [0.25, 0.3) is 0 Å². The fraction of sp³-hybridized carbons (Fsp3) is 0.750. The average molecular weight is 448 g/mol. The molecule has 2 bridgehead atoms. The maximum Gasteiger partial charge on any atom is 0.216 e. The molecule has 0 aromatic heterocycles. The number of nitrogens with zero attached hydrogens (tertiary/aromatic N) is 2. The Balaban J connectivity index is 1.31. The number of aromatic hydroxyl groups is 1. The normalized spacial score (nSPS) is 36.3. The van der Waals surface area contributed by atoms with E-state index in [0.29, 0.717) is 42.3 Å². The van der Waals surface area contributed by atoms with E-state index in [-0.39, 0.29) is 10.7 Å². The summed E-state index contributed by atoms with van der Waals surface area (Å²) in [5.41, 5.74) is 3.08. The van der Waals surface area contributed by atoms with Crippen molar-refractivity contribution in [3.05, 3.63) is 29.3 Å². The first kappa shape index (κ1) is 21.7. The molecule has 31 heavy (non-hydrogen) atoms. The zero-order valence-corrected chi connectivity index (χ0v) is 20.1. The lowest BCUT2D eigenvalue weighted by Gasteiger charge is -2.55. The minimum atomic E-state index is -3.15. The molecule has 1 aromatic rings. The number of fused-ring (bicyclic) bond motifs is 3. The molecule has 5 rings (SSSR count). The van der Waals surface area contributed by atoms with Gasteiger partial charge in [-0.15, -0.1) is 0 Å². The molecule has 4 aliphatic rings. The number of hydrogen-bond acceptors (Lipinski definition) is 5. The molecule has 2 aliphatic carbocycles. The van der Waals surface area contributed by atoms with Gasteiger partial charge in [-0.2, -0.15) is 0 Å². The van der Waals surface area contributed by atoms with Crippen LogP contribution < -0.4 is 5.32 Å². The molecular weight excluding hydrogens is 410 g/mol. The third-order valence-electron chi connectivity index (χ3n) is 8.79. The first-order valence-electron chi connectivity index (χ1n) is 11.8. The van der Waals surface area contributed by atoms with Crippen LogP contribution in [-0.2, 0) is 21.9 Å². The molecule has 0 amide bonds. The van der Waals surface area contributed by atoms with Crippen molar-refractivity contribution in [3.8, 4) is 5.75 Å². The lowest BCUT2D eigenvalue weighted by molar-refractivity contribution is -0.0425. The molecular formula is C24H37N3O3S. The smallest absolute Gasteiger partial charge is 0.216 e. The SMILES string of the molecule is CC(C)S(=O)(=O)N1CCC(CN[C@H]2C3N(C)CC34Cc3ccc(O)cc3[C@@]2(C)C4)CC1. The molecule has 2 aliphatic heterocycles. The number of likely N-dealkylation sites (tertiary alicyclic amines) is 1. The third kappa shape index (κ3) is 3.18. The van der Waals surface area contributed by atoms with Gasteiger partial charge in [0, 0.05) is 42.5 Å². The molecule has 4 atom stereocenters. The Bertz CT molecular complexity index is 972. The van der Waals surface area contributed by atoms with E-state index >= 15 is 0 Å². The van der Waals surface area contributed by atoms with Crippen molar-refractivity contribution in [2.75, 3.05) is 33.2 Å². The molecule has 1 spiro atoms. The summed E-state index contributed by atoms with van der Waals surface area (Å²) in [4.78, 5) is 2.51. The van der Waals surface area contributed by atoms with E-state index in [4.69, 9.17) is 0 Å². The quantitative estimate of drug-likeness (QED) is 0.725. The van der Waals surface area contributed by atoms with E-state index < -0.39 is 10.0 Å². The molecule has 0 radical (unpaired) electrons. The highest BCUT2D eigenvalue weighted by Gasteiger charge is 2.68. The van der Waals surface area contributed by atoms with Crippen molar-refractivity contribution in [2.24, 2.45) is 11.3 Å². The van der Waals surface area contributed by atoms with Gasteiger partial charge in [-0.25, -0.2) is 12.7 Å². The zero-order chi connectivity index (χ0) is 22.2. The summed E-state index contributed by atoms with van der Waals surface area (Å²) in [6, 6.07) is 6.84. The van der Waals surface area contributed by atoms with Crippen molar-refractivity contribution < 1.29 is 13.5 Å². The van der Waals surface area contributed by atoms with Crippen LogP contribution in [0.5, 0.6) is 5.75 Å². The summed E-state index contributed by atoms with van der Waals surface area (Å²) in [5.74, 6) is 0.869. The first-order chi connectivity index (χ1) is 14.6. The minimum absolute atomic E-state index is 0.0173. The Labute approximate surface area is 187 Å². The van der Waals surface area contributed by atoms with E-state index in [1.807, 2.05) is 12.1 Å². The highest BCUT2D eigenvalue weighted by atomic mass is 32.2. The van der Waals surface area contributed by atoms with Gasteiger partial charge in [0.15, 0.2) is 0 Å². The maximum atomic E-state index is 12.5. The molecule has 6 nitrogen and oxygen atoms in total. The summed E-state index contributed by atoms with van der Waals surface area (Å²) in [7, 11) is -0.903. The minimum Gasteiger partial charge on any atom is -0.508 e. The standard InChI is InChI=1S/C24H37N3O3S/c1-16(2)31(29,30)27-9-7-17(8-10-27)13-25-21-22-24(15-26(22)4)12-18-5-6-19(28)11-20(18)23(21,3)14-24/h5-6,11,16-17,21-22,25,28H,7-10,12-15H2,1-4H3/t21-,22?,23+,24?/m0/s1. The average Bonchev–Trinajstić information content (AvgIpc) is 2.87. The Morgan fingerprint density at radius 3 is 2.61 bits per heavy atom. The number of phenolic OH excluding ortho intramolecular Hbond substituents is 1. The van der Waals surface area contributed by atoms with Gasteiger partial charge in [-0.05, 0) is 82.3 Å². The lowest BCUT2D eigenvalue weighted by Crippen LogP contribution is -2.66. The fourth-order valence-corrected chi connectivity index (χ4v) is 8.73. The predicted octanol–water partition coefficient (Wildman–Crippen LogP) is 2.32. The highest BCUT2D eigenvalue weighted by molar-refractivity contribution is 7.89. The Hall–Kier alpha value is -1.15. The van der Waals surface area contributed by atoms with Crippen LogP contribution in [0.25, 0.3) is 0 Å². The predicted molar refractivity (Wildman–Crippen MR) is 123 cm³/mol. The van der Waals surface area contributed by atoms with Crippen molar-refractivity contribution >= 4 is 10.0 Å². The molecule has 3 fully saturated rings. The highest BCUT2D eigenvalue weighted by Crippen LogP contribution is 2.63. The molecule has 2 heterocycles. The van der Waals surface area contributed by atoms with Crippen molar-refractivity contribution in [1.82, 2.24) is 14.5 Å². The van der Waals surface area contributed by atoms with Crippen LogP contribution in [0, 0.1) is 11.3 Å². The van der Waals surface area contributed by atoms with E-state index in [1.165, 1.54) is 17.5 Å². The number of piperidine rings is 1. The number of rotatable bonds is 5. The Morgan fingerprint density at radius 2 is 1.97 bits per heavy atom. The Morgan fingerprint density at radius 1 is 1.26 bits per heavy atom. The van der Waals surface area contributed by atoms with Crippen LogP contribution in [0.3, 0.4) is 0 Å². The summed E-state index contributed by atoms with van der Waals surface area (Å²) in [6.45, 7) is 9.28. The van der Waals surface area contributed by atoms with Gasteiger partial charge in [0.2, 0.25) is 10.0 Å². The molecule has 172 valence electrons. The van der Waals surface area contributed by atoms with E-state index in [0.717, 1.165) is 32.4 Å². The number of sulfonamides is 1. The van der Waals surface area contributed by atoms with Gasteiger partial charge in [-0.3, -0.25) is 0 Å². The van der Waals surface area contributed by atoms with Crippen molar-refractivity contribution in [1.29, 1.82) is 0 Å². The van der Waals surface area contributed by atoms with Crippen LogP contribution in [0.15, 0.2) is 18.2 Å². The summed E-state index contributed by atoms with van der Waals surface area (Å²) in [5, 5.41) is 13.8. The van der Waals surface area contributed by atoms with Crippen molar-refractivity contribution in [2.45, 2.75) is 69.2 Å². The lowest BCUT2D eigenvalue weighted by atomic mass is 9.63. The van der Waals surface area contributed by atoms with Crippen LogP contribution >= 0.6 is 0 Å². The molecule has 2 saturated heterocycles. The van der Waals surface area contributed by atoms with Gasteiger partial charge in [-0.1, -0.05) is 13.0 Å². The number of hydrogen-bond donors (Lipinski definition) is 2. The molecule has 1 aromatic carbocycles. The monoisotopic (exact) mass is 447 g/mol. The zero-order valence-electron chi connectivity index (χ0n) is 19.3. The summed E-state index contributed by atoms with van der Waals surface area (Å²) >= 11 is 0. The molecule has 2 N–H and O–H groups in total. The third-order valence-corrected chi connectivity index (χ3v) is 11.1. The molecule has 7 heteroatoms. The van der Waals surface area contributed by atoms with Gasteiger partial charge >= 0.3 is 0 Å². The van der Waals surface area contributed by atoms with E-state index in [1.54, 1.807) is 18.2 Å². The second-order valence-corrected chi connectivity index (χ2v) is 13.6. The van der Waals surface area contributed by atoms with Gasteiger partial charge in [0.1, 0.15) is 5.75 Å². The number of benzene rings is 1. The summed E-state index contributed by atoms with van der Waals surface area (Å²) < 4.78 is 26.6. The van der Waals surface area contributed by atoms with Crippen LogP contribution in [0.1, 0.15) is 51.2 Å². The van der Waals surface area contributed by atoms with E-state index in [2.05, 4.69) is 30.3 Å². The van der Waals surface area contributed by atoms with Gasteiger partial charge in [0.05, 0.1) is 5.25 Å². The second-order valence-electron chi connectivity index (χ2n) is 11.2. The topological polar surface area (TPSA) is 72.9 Å². The van der Waals surface area contributed by atoms with E-state index in [9.17, 15) is 13.5 Å². The largest absolute Gasteiger partial charge is 0.508 e. The van der Waals surface area contributed by atoms with Crippen LogP contribution in [0.4, 0.5) is 0 Å². The van der Waals surface area contributed by atoms with Crippen molar-refractivity contribution in [3.63, 3.8) is 0 Å². The fourth-order valence-electron chi connectivity index (χ4n) is 7.41. The molecule has 2 unspecified atom stereocenters.